The number of hydrogen-bond donors (Lipinski definition) is 3. The zero-order valence-electron chi connectivity index (χ0n) is 15.8. The fraction of sp³-hybridized carbons (Fsp3) is 0.579. The number of halogens is 1. The summed E-state index contributed by atoms with van der Waals surface area (Å²) in [4.78, 5) is 9.00. The van der Waals surface area contributed by atoms with Gasteiger partial charge in [-0.1, -0.05) is 28.1 Å². The molecule has 2 aromatic rings. The highest BCUT2D eigenvalue weighted by molar-refractivity contribution is 9.10. The quantitative estimate of drug-likeness (QED) is 0.588. The number of anilines is 2. The third-order valence-electron chi connectivity index (χ3n) is 5.12. The molecule has 0 amide bonds. The van der Waals surface area contributed by atoms with Crippen molar-refractivity contribution in [3.63, 3.8) is 0 Å². The fourth-order valence-electron chi connectivity index (χ4n) is 3.62. The molecule has 0 radical (unpaired) electrons. The Balaban J connectivity index is 1.56. The van der Waals surface area contributed by atoms with Crippen LogP contribution in [0.25, 0.3) is 0 Å². The number of aromatic nitrogens is 3. The summed E-state index contributed by atoms with van der Waals surface area (Å²) in [5.74, 6) is 1.02. The molecular formula is C19H29BrN6O. The first-order valence-corrected chi connectivity index (χ1v) is 10.4. The summed E-state index contributed by atoms with van der Waals surface area (Å²) in [7, 11) is 0. The lowest BCUT2D eigenvalue weighted by Gasteiger charge is -2.41. The number of nitrogens with two attached hydrogens (primary N) is 1. The van der Waals surface area contributed by atoms with Crippen LogP contribution in [-0.4, -0.2) is 63.5 Å². The summed E-state index contributed by atoms with van der Waals surface area (Å²) in [6.45, 7) is 5.64. The van der Waals surface area contributed by atoms with E-state index < -0.39 is 0 Å². The number of piperazine rings is 1. The van der Waals surface area contributed by atoms with E-state index in [-0.39, 0.29) is 6.10 Å². The molecule has 0 spiro atoms. The minimum absolute atomic E-state index is 0.274. The van der Waals surface area contributed by atoms with Crippen LogP contribution in [-0.2, 0) is 6.42 Å². The molecule has 4 N–H and O–H groups in total. The van der Waals surface area contributed by atoms with Gasteiger partial charge in [-0.2, -0.15) is 4.98 Å². The highest BCUT2D eigenvalue weighted by atomic mass is 79.9. The minimum atomic E-state index is -0.274. The van der Waals surface area contributed by atoms with Crippen molar-refractivity contribution in [1.82, 2.24) is 20.1 Å². The van der Waals surface area contributed by atoms with Gasteiger partial charge < -0.3 is 15.7 Å². The third-order valence-corrected chi connectivity index (χ3v) is 5.65. The molecule has 0 saturated carbocycles. The molecule has 2 atom stereocenters. The van der Waals surface area contributed by atoms with Crippen LogP contribution < -0.4 is 10.6 Å². The first kappa shape index (κ1) is 20.1. The van der Waals surface area contributed by atoms with E-state index in [2.05, 4.69) is 65.2 Å². The molecule has 3 rings (SSSR count). The zero-order chi connectivity index (χ0) is 19.2. The molecule has 27 heavy (non-hydrogen) atoms. The molecule has 1 aromatic heterocycles. The Morgan fingerprint density at radius 2 is 2.11 bits per heavy atom. The van der Waals surface area contributed by atoms with Crippen molar-refractivity contribution >= 4 is 27.8 Å². The Hall–Kier alpha value is -1.64. The van der Waals surface area contributed by atoms with Crippen LogP contribution in [0.15, 0.2) is 28.7 Å². The Morgan fingerprint density at radius 1 is 1.33 bits per heavy atom. The number of nitrogens with zero attached hydrogens (tertiary/aromatic N) is 4. The number of rotatable bonds is 8. The van der Waals surface area contributed by atoms with Crippen LogP contribution >= 0.6 is 15.9 Å². The van der Waals surface area contributed by atoms with Gasteiger partial charge in [0.2, 0.25) is 11.9 Å². The van der Waals surface area contributed by atoms with Gasteiger partial charge in [-0.25, -0.2) is 5.10 Å². The number of nitrogen functional groups attached to an aromatic ring is 1. The second-order valence-electron chi connectivity index (χ2n) is 7.31. The second-order valence-corrected chi connectivity index (χ2v) is 8.23. The van der Waals surface area contributed by atoms with Gasteiger partial charge in [-0.3, -0.25) is 4.90 Å². The molecule has 7 nitrogen and oxygen atoms in total. The molecule has 0 bridgehead atoms. The summed E-state index contributed by atoms with van der Waals surface area (Å²) in [5.41, 5.74) is 7.04. The SMILES string of the molecule is CC(O)CCC1CN(c2n[nH]c(N)n2)CCN1CCCc1ccc(Br)cc1. The molecule has 2 heterocycles. The van der Waals surface area contributed by atoms with Gasteiger partial charge in [0.05, 0.1) is 6.10 Å². The van der Waals surface area contributed by atoms with Crippen molar-refractivity contribution in [2.24, 2.45) is 0 Å². The standard InChI is InChI=1S/C19H29BrN6O/c1-14(27)4-9-17-13-26(19-22-18(21)23-24-19)12-11-25(17)10-2-3-15-5-7-16(20)8-6-15/h5-8,14,17,27H,2-4,9-13H2,1H3,(H3,21,22,23,24). The van der Waals surface area contributed by atoms with E-state index in [0.29, 0.717) is 17.9 Å². The van der Waals surface area contributed by atoms with Crippen molar-refractivity contribution in [3.8, 4) is 0 Å². The van der Waals surface area contributed by atoms with Gasteiger partial charge in [0.25, 0.3) is 0 Å². The normalized spacial score (nSPS) is 19.4. The lowest BCUT2D eigenvalue weighted by molar-refractivity contribution is 0.130. The van der Waals surface area contributed by atoms with E-state index in [1.165, 1.54) is 5.56 Å². The first-order valence-electron chi connectivity index (χ1n) is 9.60. The largest absolute Gasteiger partial charge is 0.393 e. The molecule has 2 unspecified atom stereocenters. The number of aryl methyl sites for hydroxylation is 1. The van der Waals surface area contributed by atoms with Gasteiger partial charge in [0, 0.05) is 30.1 Å². The molecule has 148 valence electrons. The lowest BCUT2D eigenvalue weighted by atomic mass is 10.0. The van der Waals surface area contributed by atoms with Crippen molar-refractivity contribution in [1.29, 1.82) is 0 Å². The van der Waals surface area contributed by atoms with Crippen molar-refractivity contribution in [3.05, 3.63) is 34.3 Å². The average Bonchev–Trinajstić information content (AvgIpc) is 3.08. The number of H-pyrrole nitrogens is 1. The van der Waals surface area contributed by atoms with E-state index in [9.17, 15) is 5.11 Å². The molecule has 8 heteroatoms. The number of aliphatic hydroxyl groups is 1. The van der Waals surface area contributed by atoms with Gasteiger partial charge in [0.1, 0.15) is 0 Å². The summed E-state index contributed by atoms with van der Waals surface area (Å²) >= 11 is 3.49. The predicted molar refractivity (Wildman–Crippen MR) is 112 cm³/mol. The fourth-order valence-corrected chi connectivity index (χ4v) is 3.88. The number of hydrogen-bond acceptors (Lipinski definition) is 6. The summed E-state index contributed by atoms with van der Waals surface area (Å²) < 4.78 is 1.12. The monoisotopic (exact) mass is 436 g/mol. The average molecular weight is 437 g/mol. The number of aliphatic hydroxyl groups excluding tert-OH is 1. The molecule has 1 aliphatic rings. The van der Waals surface area contributed by atoms with Crippen LogP contribution in [0.3, 0.4) is 0 Å². The molecule has 1 aromatic carbocycles. The third kappa shape index (κ3) is 5.92. The van der Waals surface area contributed by atoms with Crippen LogP contribution in [0.4, 0.5) is 11.9 Å². The first-order chi connectivity index (χ1) is 13.0. The van der Waals surface area contributed by atoms with Crippen LogP contribution in [0.5, 0.6) is 0 Å². The van der Waals surface area contributed by atoms with Gasteiger partial charge in [-0.15, -0.1) is 5.10 Å². The molecule has 1 aliphatic heterocycles. The maximum atomic E-state index is 9.72. The summed E-state index contributed by atoms with van der Waals surface area (Å²) in [6.07, 6.45) is 3.70. The molecule has 1 fully saturated rings. The number of benzene rings is 1. The number of aromatic amines is 1. The molecule has 0 aliphatic carbocycles. The van der Waals surface area contributed by atoms with Crippen molar-refractivity contribution in [2.45, 2.75) is 44.8 Å². The van der Waals surface area contributed by atoms with E-state index in [4.69, 9.17) is 5.73 Å². The van der Waals surface area contributed by atoms with E-state index in [1.807, 2.05) is 6.92 Å². The van der Waals surface area contributed by atoms with Crippen molar-refractivity contribution < 1.29 is 5.11 Å². The Kier molecular flexibility index (Phi) is 7.09. The van der Waals surface area contributed by atoms with E-state index in [1.54, 1.807) is 0 Å². The molecular weight excluding hydrogens is 408 g/mol. The Labute approximate surface area is 169 Å². The zero-order valence-corrected chi connectivity index (χ0v) is 17.4. The maximum Gasteiger partial charge on any atom is 0.246 e. The van der Waals surface area contributed by atoms with Crippen molar-refractivity contribution in [2.75, 3.05) is 36.8 Å². The van der Waals surface area contributed by atoms with Crippen LogP contribution in [0.1, 0.15) is 31.7 Å². The summed E-state index contributed by atoms with van der Waals surface area (Å²) in [5, 5.41) is 16.6. The van der Waals surface area contributed by atoms with E-state index in [0.717, 1.165) is 56.3 Å². The minimum Gasteiger partial charge on any atom is -0.393 e. The summed E-state index contributed by atoms with van der Waals surface area (Å²) in [6, 6.07) is 8.95. The highest BCUT2D eigenvalue weighted by Gasteiger charge is 2.28. The second kappa shape index (κ2) is 9.52. The lowest BCUT2D eigenvalue weighted by Crippen LogP contribution is -2.54. The topological polar surface area (TPSA) is 94.3 Å². The maximum absolute atomic E-state index is 9.72. The Bertz CT molecular complexity index is 704. The van der Waals surface area contributed by atoms with E-state index >= 15 is 0 Å². The van der Waals surface area contributed by atoms with Gasteiger partial charge >= 0.3 is 0 Å². The number of nitrogens with one attached hydrogen (secondary N) is 1. The van der Waals surface area contributed by atoms with Gasteiger partial charge in [-0.05, 0) is 56.8 Å². The Morgan fingerprint density at radius 3 is 2.78 bits per heavy atom. The molecule has 1 saturated heterocycles. The van der Waals surface area contributed by atoms with Crippen LogP contribution in [0, 0.1) is 0 Å². The highest BCUT2D eigenvalue weighted by Crippen LogP contribution is 2.20. The van der Waals surface area contributed by atoms with Gasteiger partial charge in [0.15, 0.2) is 0 Å². The smallest absolute Gasteiger partial charge is 0.246 e. The predicted octanol–water partition coefficient (Wildman–Crippen LogP) is 2.43. The van der Waals surface area contributed by atoms with Crippen LogP contribution in [0.2, 0.25) is 0 Å².